The van der Waals surface area contributed by atoms with Crippen LogP contribution in [0.1, 0.15) is 51.0 Å². The molecule has 5 heteroatoms. The fraction of sp³-hybridized carbons (Fsp3) is 0.733. The van der Waals surface area contributed by atoms with Gasteiger partial charge in [-0.25, -0.2) is 0 Å². The Labute approximate surface area is 124 Å². The van der Waals surface area contributed by atoms with Crippen LogP contribution in [0.2, 0.25) is 0 Å². The molecule has 1 aromatic heterocycles. The molecule has 4 rings (SSSR count). The number of thiophene rings is 1. The molecule has 0 atom stereocenters. The molecule has 1 saturated carbocycles. The van der Waals surface area contributed by atoms with Crippen molar-refractivity contribution in [3.05, 3.63) is 16.5 Å². The average molecular weight is 292 g/mol. The Bertz CT molecular complexity index is 543. The van der Waals surface area contributed by atoms with Crippen LogP contribution in [0, 0.1) is 0 Å². The lowest BCUT2D eigenvalue weighted by molar-refractivity contribution is 0.00578. The molecule has 0 aromatic carbocycles. The number of hydrogen-bond acceptors (Lipinski definition) is 4. The molecule has 0 unspecified atom stereocenters. The first-order valence-electron chi connectivity index (χ1n) is 7.40. The smallest absolute Gasteiger partial charge is 0.399 e. The average Bonchev–Trinajstić information content (AvgIpc) is 2.89. The highest BCUT2D eigenvalue weighted by Gasteiger charge is 2.54. The molecule has 3 heterocycles. The van der Waals surface area contributed by atoms with Gasteiger partial charge < -0.3 is 14.0 Å². The van der Waals surface area contributed by atoms with Crippen LogP contribution in [-0.4, -0.2) is 24.9 Å². The van der Waals surface area contributed by atoms with Gasteiger partial charge in [-0.2, -0.15) is 0 Å². The van der Waals surface area contributed by atoms with Gasteiger partial charge in [-0.3, -0.25) is 0 Å². The predicted molar refractivity (Wildman–Crippen MR) is 80.6 cm³/mol. The van der Waals surface area contributed by atoms with Gasteiger partial charge in [0.1, 0.15) is 0 Å². The van der Waals surface area contributed by atoms with Crippen molar-refractivity contribution in [2.45, 2.75) is 63.8 Å². The molecule has 108 valence electrons. The van der Waals surface area contributed by atoms with E-state index in [1.165, 1.54) is 28.1 Å². The third-order valence-electron chi connectivity index (χ3n) is 5.35. The summed E-state index contributed by atoms with van der Waals surface area (Å²) in [7, 11) is -0.230. The molecule has 0 N–H and O–H groups in total. The maximum Gasteiger partial charge on any atom is 0.505 e. The number of fused-ring (bicyclic) bond motifs is 2. The highest BCUT2D eigenvalue weighted by molar-refractivity contribution is 7.22. The van der Waals surface area contributed by atoms with Crippen molar-refractivity contribution < 1.29 is 14.0 Å². The van der Waals surface area contributed by atoms with Crippen molar-refractivity contribution in [3.8, 4) is 0 Å². The van der Waals surface area contributed by atoms with Gasteiger partial charge >= 0.3 is 7.12 Å². The second kappa shape index (κ2) is 3.89. The van der Waals surface area contributed by atoms with E-state index in [1.807, 2.05) is 0 Å². The molecular formula is C15H21BO3S. The van der Waals surface area contributed by atoms with Crippen molar-refractivity contribution in [3.63, 3.8) is 0 Å². The van der Waals surface area contributed by atoms with Crippen LogP contribution >= 0.6 is 11.3 Å². The van der Waals surface area contributed by atoms with Gasteiger partial charge in [0.2, 0.25) is 0 Å². The van der Waals surface area contributed by atoms with E-state index in [1.54, 1.807) is 11.3 Å². The van der Waals surface area contributed by atoms with E-state index >= 15 is 0 Å². The Morgan fingerprint density at radius 1 is 1.10 bits per heavy atom. The molecule has 0 amide bonds. The standard InChI is InChI=1S/C15H21BO3S/c1-13(2)14(3,4)19-16(18-13)12-7-10-11(20-12)8-17-9-15(10)5-6-15/h7H,5-6,8-9H2,1-4H3. The number of ether oxygens (including phenoxy) is 1. The van der Waals surface area contributed by atoms with E-state index in [0.29, 0.717) is 5.41 Å². The zero-order valence-corrected chi connectivity index (χ0v) is 13.4. The molecule has 0 bridgehead atoms. The Kier molecular flexibility index (Phi) is 2.59. The Balaban J connectivity index is 1.67. The molecular weight excluding hydrogens is 271 g/mol. The van der Waals surface area contributed by atoms with Gasteiger partial charge in [0.05, 0.1) is 24.4 Å². The van der Waals surface area contributed by atoms with Crippen molar-refractivity contribution >= 4 is 23.2 Å². The van der Waals surface area contributed by atoms with Crippen LogP contribution in [0.3, 0.4) is 0 Å². The summed E-state index contributed by atoms with van der Waals surface area (Å²) in [5.74, 6) is 0. The predicted octanol–water partition coefficient (Wildman–Crippen LogP) is 2.61. The third-order valence-corrected chi connectivity index (χ3v) is 6.48. The second-order valence-corrected chi connectivity index (χ2v) is 8.52. The van der Waals surface area contributed by atoms with E-state index < -0.39 is 0 Å². The Morgan fingerprint density at radius 2 is 1.75 bits per heavy atom. The second-order valence-electron chi connectivity index (χ2n) is 7.35. The maximum absolute atomic E-state index is 6.16. The monoisotopic (exact) mass is 292 g/mol. The molecule has 2 aliphatic heterocycles. The molecule has 1 spiro atoms. The molecule has 1 saturated heterocycles. The van der Waals surface area contributed by atoms with Crippen LogP contribution < -0.4 is 4.78 Å². The Morgan fingerprint density at radius 3 is 2.35 bits per heavy atom. The first-order valence-corrected chi connectivity index (χ1v) is 8.21. The molecule has 20 heavy (non-hydrogen) atoms. The van der Waals surface area contributed by atoms with Crippen LogP contribution in [-0.2, 0) is 26.1 Å². The zero-order valence-electron chi connectivity index (χ0n) is 12.6. The lowest BCUT2D eigenvalue weighted by atomic mass is 9.85. The van der Waals surface area contributed by atoms with Crippen molar-refractivity contribution in [1.29, 1.82) is 0 Å². The topological polar surface area (TPSA) is 27.7 Å². The number of hydrogen-bond donors (Lipinski definition) is 0. The molecule has 0 radical (unpaired) electrons. The largest absolute Gasteiger partial charge is 0.505 e. The first kappa shape index (κ1) is 13.3. The fourth-order valence-corrected chi connectivity index (χ4v) is 4.24. The van der Waals surface area contributed by atoms with E-state index in [4.69, 9.17) is 14.0 Å². The summed E-state index contributed by atoms with van der Waals surface area (Å²) in [5.41, 5.74) is 1.29. The lowest BCUT2D eigenvalue weighted by Gasteiger charge is -2.32. The molecule has 1 aliphatic carbocycles. The maximum atomic E-state index is 6.16. The van der Waals surface area contributed by atoms with Gasteiger partial charge in [-0.1, -0.05) is 0 Å². The van der Waals surface area contributed by atoms with Crippen LogP contribution in [0.25, 0.3) is 0 Å². The highest BCUT2D eigenvalue weighted by Crippen LogP contribution is 2.52. The van der Waals surface area contributed by atoms with Crippen LogP contribution in [0.15, 0.2) is 6.07 Å². The minimum atomic E-state index is -0.268. The summed E-state index contributed by atoms with van der Waals surface area (Å²) in [6.45, 7) is 10.1. The highest BCUT2D eigenvalue weighted by atomic mass is 32.1. The molecule has 2 fully saturated rings. The first-order chi connectivity index (χ1) is 9.33. The summed E-state index contributed by atoms with van der Waals surface area (Å²) in [5, 5.41) is 0. The van der Waals surface area contributed by atoms with Gasteiger partial charge in [-0.15, -0.1) is 11.3 Å². The van der Waals surface area contributed by atoms with Crippen molar-refractivity contribution in [2.24, 2.45) is 0 Å². The van der Waals surface area contributed by atoms with Gasteiger partial charge in [0.25, 0.3) is 0 Å². The van der Waals surface area contributed by atoms with Gasteiger partial charge in [0.15, 0.2) is 0 Å². The van der Waals surface area contributed by atoms with E-state index in [-0.39, 0.29) is 18.3 Å². The van der Waals surface area contributed by atoms with E-state index in [2.05, 4.69) is 33.8 Å². The van der Waals surface area contributed by atoms with Gasteiger partial charge in [0, 0.05) is 15.1 Å². The quantitative estimate of drug-likeness (QED) is 0.745. The summed E-state index contributed by atoms with van der Waals surface area (Å²) >= 11 is 1.80. The molecule has 3 nitrogen and oxygen atoms in total. The fourth-order valence-electron chi connectivity index (χ4n) is 3.06. The van der Waals surface area contributed by atoms with Gasteiger partial charge in [-0.05, 0) is 52.2 Å². The summed E-state index contributed by atoms with van der Waals surface area (Å²) in [6, 6.07) is 2.32. The van der Waals surface area contributed by atoms with E-state index in [0.717, 1.165) is 13.2 Å². The summed E-state index contributed by atoms with van der Waals surface area (Å²) < 4.78 is 19.3. The molecule has 3 aliphatic rings. The summed E-state index contributed by atoms with van der Waals surface area (Å²) in [6.07, 6.45) is 2.53. The van der Waals surface area contributed by atoms with E-state index in [9.17, 15) is 0 Å². The SMILES string of the molecule is CC1(C)OB(c2cc3c(s2)COCC32CC2)OC1(C)C. The lowest BCUT2D eigenvalue weighted by Crippen LogP contribution is -2.41. The van der Waals surface area contributed by atoms with Crippen LogP contribution in [0.5, 0.6) is 0 Å². The van der Waals surface area contributed by atoms with Crippen molar-refractivity contribution in [2.75, 3.05) is 6.61 Å². The van der Waals surface area contributed by atoms with Crippen LogP contribution in [0.4, 0.5) is 0 Å². The minimum Gasteiger partial charge on any atom is -0.399 e. The number of rotatable bonds is 1. The summed E-state index contributed by atoms with van der Waals surface area (Å²) in [4.78, 5) is 1.37. The van der Waals surface area contributed by atoms with Crippen molar-refractivity contribution in [1.82, 2.24) is 0 Å². The zero-order chi connectivity index (χ0) is 14.2. The third kappa shape index (κ3) is 1.76. The minimum absolute atomic E-state index is 0.230. The molecule has 1 aromatic rings. The Hall–Kier alpha value is -0.355. The normalized spacial score (nSPS) is 28.7.